The van der Waals surface area contributed by atoms with Crippen LogP contribution < -0.4 is 5.32 Å². The number of hydrogen-bond acceptors (Lipinski definition) is 5. The summed E-state index contributed by atoms with van der Waals surface area (Å²) in [6, 6.07) is 0. The molecule has 0 aliphatic rings. The van der Waals surface area contributed by atoms with Crippen molar-refractivity contribution in [1.82, 2.24) is 5.32 Å². The molecule has 0 amide bonds. The van der Waals surface area contributed by atoms with Gasteiger partial charge in [-0.05, 0) is 7.05 Å². The van der Waals surface area contributed by atoms with Gasteiger partial charge in [-0.2, -0.15) is 0 Å². The lowest BCUT2D eigenvalue weighted by molar-refractivity contribution is -0.154. The van der Waals surface area contributed by atoms with Crippen LogP contribution in [0.2, 0.25) is 0 Å². The molecule has 0 bridgehead atoms. The normalized spacial score (nSPS) is 12.6. The van der Waals surface area contributed by atoms with Crippen LogP contribution in [0, 0.1) is 0 Å². The largest absolute Gasteiger partial charge is 0.467 e. The van der Waals surface area contributed by atoms with Crippen molar-refractivity contribution in [3.63, 3.8) is 0 Å². The third kappa shape index (κ3) is 4.27. The molecule has 72 valence electrons. The van der Waals surface area contributed by atoms with E-state index in [0.717, 1.165) is 0 Å². The Balaban J connectivity index is 3.76. The van der Waals surface area contributed by atoms with E-state index in [9.17, 15) is 4.79 Å². The minimum Gasteiger partial charge on any atom is -0.467 e. The monoisotopic (exact) mass is 177 g/mol. The Morgan fingerprint density at radius 2 is 2.33 bits per heavy atom. The predicted octanol–water partition coefficient (Wildman–Crippen LogP) is -1.24. The number of carbonyl (C=O) groups is 1. The summed E-state index contributed by atoms with van der Waals surface area (Å²) < 4.78 is 9.47. The van der Waals surface area contributed by atoms with E-state index in [0.29, 0.717) is 6.54 Å². The molecule has 1 unspecified atom stereocenters. The summed E-state index contributed by atoms with van der Waals surface area (Å²) in [6.07, 6.45) is -0.632. The average Bonchev–Trinajstić information content (AvgIpc) is 2.11. The van der Waals surface area contributed by atoms with E-state index in [1.54, 1.807) is 7.05 Å². The van der Waals surface area contributed by atoms with Gasteiger partial charge in [0.25, 0.3) is 0 Å². The molecule has 0 aromatic rings. The zero-order valence-electron chi connectivity index (χ0n) is 7.37. The third-order valence-corrected chi connectivity index (χ3v) is 1.26. The highest BCUT2D eigenvalue weighted by Crippen LogP contribution is 1.93. The molecular weight excluding hydrogens is 162 g/mol. The van der Waals surface area contributed by atoms with Crippen LogP contribution >= 0.6 is 0 Å². The molecule has 0 rings (SSSR count). The van der Waals surface area contributed by atoms with Gasteiger partial charge in [0, 0.05) is 6.54 Å². The molecular formula is C7H15NO4. The van der Waals surface area contributed by atoms with Crippen LogP contribution in [0.15, 0.2) is 0 Å². The number of nitrogens with one attached hydrogen (secondary N) is 1. The van der Waals surface area contributed by atoms with Gasteiger partial charge in [0.1, 0.15) is 0 Å². The second kappa shape index (κ2) is 7.02. The van der Waals surface area contributed by atoms with Crippen molar-refractivity contribution in [2.75, 3.05) is 33.9 Å². The second-order valence-corrected chi connectivity index (χ2v) is 2.16. The molecule has 0 heterocycles. The first kappa shape index (κ1) is 11.4. The van der Waals surface area contributed by atoms with Crippen LogP contribution in [0.5, 0.6) is 0 Å². The van der Waals surface area contributed by atoms with E-state index >= 15 is 0 Å². The van der Waals surface area contributed by atoms with Crippen LogP contribution in [0.25, 0.3) is 0 Å². The number of carbonyl (C=O) groups excluding carboxylic acids is 1. The zero-order valence-corrected chi connectivity index (χ0v) is 7.37. The van der Waals surface area contributed by atoms with Gasteiger partial charge in [-0.15, -0.1) is 0 Å². The van der Waals surface area contributed by atoms with Crippen molar-refractivity contribution < 1.29 is 19.4 Å². The fourth-order valence-electron chi connectivity index (χ4n) is 0.722. The van der Waals surface area contributed by atoms with Crippen LogP contribution in [0.1, 0.15) is 0 Å². The number of methoxy groups -OCH3 is 1. The minimum atomic E-state index is -0.632. The van der Waals surface area contributed by atoms with Crippen LogP contribution in [-0.4, -0.2) is 51.1 Å². The molecule has 12 heavy (non-hydrogen) atoms. The van der Waals surface area contributed by atoms with E-state index in [1.807, 2.05) is 0 Å². The van der Waals surface area contributed by atoms with Gasteiger partial charge in [0.15, 0.2) is 6.10 Å². The first-order valence-corrected chi connectivity index (χ1v) is 3.71. The molecule has 2 N–H and O–H groups in total. The van der Waals surface area contributed by atoms with E-state index < -0.39 is 12.1 Å². The predicted molar refractivity (Wildman–Crippen MR) is 42.8 cm³/mol. The highest BCUT2D eigenvalue weighted by Gasteiger charge is 2.17. The molecule has 5 heteroatoms. The van der Waals surface area contributed by atoms with Crippen molar-refractivity contribution in [2.24, 2.45) is 0 Å². The lowest BCUT2D eigenvalue weighted by atomic mass is 10.3. The summed E-state index contributed by atoms with van der Waals surface area (Å²) in [5.74, 6) is -0.433. The number of rotatable bonds is 6. The molecule has 0 aromatic carbocycles. The summed E-state index contributed by atoms with van der Waals surface area (Å²) in [6.45, 7) is 0.422. The Labute approximate surface area is 71.7 Å². The Hall–Kier alpha value is -0.650. The van der Waals surface area contributed by atoms with Gasteiger partial charge in [-0.3, -0.25) is 0 Å². The lowest BCUT2D eigenvalue weighted by Gasteiger charge is -2.13. The van der Waals surface area contributed by atoms with Gasteiger partial charge < -0.3 is 19.9 Å². The maximum Gasteiger partial charge on any atom is 0.336 e. The quantitative estimate of drug-likeness (QED) is 0.496. The Bertz CT molecular complexity index is 129. The molecule has 1 atom stereocenters. The summed E-state index contributed by atoms with van der Waals surface area (Å²) in [5.41, 5.74) is 0. The first-order valence-electron chi connectivity index (χ1n) is 3.71. The fraction of sp³-hybridized carbons (Fsp3) is 0.857. The average molecular weight is 177 g/mol. The number of hydrogen-bond donors (Lipinski definition) is 2. The van der Waals surface area contributed by atoms with Crippen LogP contribution in [0.3, 0.4) is 0 Å². The summed E-state index contributed by atoms with van der Waals surface area (Å²) in [7, 11) is 3.01. The van der Waals surface area contributed by atoms with E-state index in [4.69, 9.17) is 9.84 Å². The molecule has 0 aliphatic carbocycles. The summed E-state index contributed by atoms with van der Waals surface area (Å²) in [4.78, 5) is 10.9. The Kier molecular flexibility index (Phi) is 6.64. The van der Waals surface area contributed by atoms with Crippen LogP contribution in [-0.2, 0) is 14.3 Å². The Morgan fingerprint density at radius 3 is 2.75 bits per heavy atom. The van der Waals surface area contributed by atoms with Crippen LogP contribution in [0.4, 0.5) is 0 Å². The van der Waals surface area contributed by atoms with E-state index in [-0.39, 0.29) is 13.2 Å². The minimum absolute atomic E-state index is 0.1000. The van der Waals surface area contributed by atoms with Crippen molar-refractivity contribution in [1.29, 1.82) is 0 Å². The summed E-state index contributed by atoms with van der Waals surface area (Å²) >= 11 is 0. The maximum atomic E-state index is 10.9. The van der Waals surface area contributed by atoms with Gasteiger partial charge in [-0.1, -0.05) is 0 Å². The van der Waals surface area contributed by atoms with Gasteiger partial charge in [0.05, 0.1) is 20.3 Å². The smallest absolute Gasteiger partial charge is 0.336 e. The van der Waals surface area contributed by atoms with Crippen molar-refractivity contribution >= 4 is 5.97 Å². The third-order valence-electron chi connectivity index (χ3n) is 1.26. The maximum absolute atomic E-state index is 10.9. The molecule has 0 aliphatic heterocycles. The van der Waals surface area contributed by atoms with Crippen molar-refractivity contribution in [3.8, 4) is 0 Å². The van der Waals surface area contributed by atoms with E-state index in [2.05, 4.69) is 10.1 Å². The zero-order chi connectivity index (χ0) is 9.40. The van der Waals surface area contributed by atoms with Crippen molar-refractivity contribution in [2.45, 2.75) is 6.10 Å². The molecule has 0 radical (unpaired) electrons. The number of likely N-dealkylation sites (N-methyl/N-ethyl adjacent to an activating group) is 1. The van der Waals surface area contributed by atoms with Crippen molar-refractivity contribution in [3.05, 3.63) is 0 Å². The molecule has 0 spiro atoms. The van der Waals surface area contributed by atoms with Gasteiger partial charge >= 0.3 is 5.97 Å². The van der Waals surface area contributed by atoms with Gasteiger partial charge in [0.2, 0.25) is 0 Å². The summed E-state index contributed by atoms with van der Waals surface area (Å²) in [5, 5.41) is 11.2. The molecule has 0 saturated heterocycles. The van der Waals surface area contributed by atoms with Gasteiger partial charge in [-0.25, -0.2) is 4.79 Å². The first-order chi connectivity index (χ1) is 5.76. The molecule has 0 aromatic heterocycles. The number of aliphatic hydroxyl groups excluding tert-OH is 1. The molecule has 0 fully saturated rings. The number of ether oxygens (including phenoxy) is 2. The number of esters is 1. The fourth-order valence-corrected chi connectivity index (χ4v) is 0.722. The number of aliphatic hydroxyl groups is 1. The topological polar surface area (TPSA) is 67.8 Å². The SMILES string of the molecule is CNCC(OCCO)C(=O)OC. The molecule has 5 nitrogen and oxygen atoms in total. The molecule has 0 saturated carbocycles. The second-order valence-electron chi connectivity index (χ2n) is 2.16. The Morgan fingerprint density at radius 1 is 1.67 bits per heavy atom. The standard InChI is InChI=1S/C7H15NO4/c1-8-5-6(7(10)11-2)12-4-3-9/h6,8-9H,3-5H2,1-2H3. The lowest BCUT2D eigenvalue weighted by Crippen LogP contribution is -2.35. The highest BCUT2D eigenvalue weighted by molar-refractivity contribution is 5.74. The van der Waals surface area contributed by atoms with E-state index in [1.165, 1.54) is 7.11 Å². The highest BCUT2D eigenvalue weighted by atomic mass is 16.6.